The van der Waals surface area contributed by atoms with Gasteiger partial charge in [-0.25, -0.2) is 9.67 Å². The van der Waals surface area contributed by atoms with Gasteiger partial charge in [0.2, 0.25) is 5.13 Å². The lowest BCUT2D eigenvalue weighted by atomic mass is 10.1. The summed E-state index contributed by atoms with van der Waals surface area (Å²) in [4.78, 5) is 4.37. The molecular weight excluding hydrogens is 467 g/mol. The van der Waals surface area contributed by atoms with Crippen LogP contribution in [-0.2, 0) is 6.18 Å². The predicted molar refractivity (Wildman–Crippen MR) is 109 cm³/mol. The van der Waals surface area contributed by atoms with Crippen LogP contribution in [0.2, 0.25) is 0 Å². The Bertz CT molecular complexity index is 1140. The normalized spacial score (nSPS) is 11.6. The second-order valence-corrected chi connectivity index (χ2v) is 7.83. The minimum absolute atomic E-state index is 0.148. The summed E-state index contributed by atoms with van der Waals surface area (Å²) in [7, 11) is 1.52. The molecule has 0 saturated carbocycles. The van der Waals surface area contributed by atoms with Crippen LogP contribution in [0.5, 0.6) is 5.75 Å². The van der Waals surface area contributed by atoms with Gasteiger partial charge in [-0.1, -0.05) is 28.1 Å². The highest BCUT2D eigenvalue weighted by molar-refractivity contribution is 9.10. The van der Waals surface area contributed by atoms with Crippen molar-refractivity contribution < 1.29 is 17.9 Å². The molecule has 0 spiro atoms. The summed E-state index contributed by atoms with van der Waals surface area (Å²) < 4.78 is 47.8. The van der Waals surface area contributed by atoms with Crippen LogP contribution in [0.4, 0.5) is 13.2 Å². The van der Waals surface area contributed by atoms with Gasteiger partial charge in [-0.15, -0.1) is 11.3 Å². The van der Waals surface area contributed by atoms with Crippen LogP contribution in [0.1, 0.15) is 5.69 Å². The van der Waals surface area contributed by atoms with Gasteiger partial charge in [-0.2, -0.15) is 18.3 Å². The molecule has 4 nitrogen and oxygen atoms in total. The third kappa shape index (κ3) is 4.06. The second kappa shape index (κ2) is 7.64. The fourth-order valence-electron chi connectivity index (χ4n) is 2.75. The van der Waals surface area contributed by atoms with Crippen molar-refractivity contribution in [2.24, 2.45) is 0 Å². The highest BCUT2D eigenvalue weighted by Crippen LogP contribution is 2.36. The first-order chi connectivity index (χ1) is 13.8. The molecule has 0 N–H and O–H groups in total. The first kappa shape index (κ1) is 19.7. The number of alkyl halides is 3. The Labute approximate surface area is 176 Å². The first-order valence-corrected chi connectivity index (χ1v) is 10.1. The Balaban J connectivity index is 1.76. The zero-order valence-corrected chi connectivity index (χ0v) is 17.3. The predicted octanol–water partition coefficient (Wildman–Crippen LogP) is 6.45. The largest absolute Gasteiger partial charge is 0.497 e. The topological polar surface area (TPSA) is 39.9 Å². The molecule has 0 aliphatic heterocycles. The van der Waals surface area contributed by atoms with E-state index in [1.54, 1.807) is 29.6 Å². The van der Waals surface area contributed by atoms with E-state index in [9.17, 15) is 13.2 Å². The van der Waals surface area contributed by atoms with E-state index in [0.717, 1.165) is 32.1 Å². The average molecular weight is 480 g/mol. The maximum atomic E-state index is 13.6. The van der Waals surface area contributed by atoms with Crippen molar-refractivity contribution in [2.45, 2.75) is 6.18 Å². The van der Waals surface area contributed by atoms with Gasteiger partial charge in [0.15, 0.2) is 5.69 Å². The SMILES string of the molecule is COc1ccc(-c2cc(C(F)(F)F)n(-c3nc(-c4ccc(Br)cc4)cs3)n2)cc1. The number of nitrogens with zero attached hydrogens (tertiary/aromatic N) is 3. The zero-order valence-electron chi connectivity index (χ0n) is 14.9. The molecule has 9 heteroatoms. The van der Waals surface area contributed by atoms with Gasteiger partial charge in [-0.3, -0.25) is 0 Å². The van der Waals surface area contributed by atoms with E-state index in [1.807, 2.05) is 24.3 Å². The van der Waals surface area contributed by atoms with E-state index in [0.29, 0.717) is 17.0 Å². The summed E-state index contributed by atoms with van der Waals surface area (Å²) in [5.41, 5.74) is 1.29. The summed E-state index contributed by atoms with van der Waals surface area (Å²) in [6.45, 7) is 0. The Morgan fingerprint density at radius 3 is 2.21 bits per heavy atom. The molecule has 2 aromatic carbocycles. The summed E-state index contributed by atoms with van der Waals surface area (Å²) in [5.74, 6) is 0.614. The third-order valence-corrected chi connectivity index (χ3v) is 5.54. The average Bonchev–Trinajstić information content (AvgIpc) is 3.36. The third-order valence-electron chi connectivity index (χ3n) is 4.20. The highest BCUT2D eigenvalue weighted by Gasteiger charge is 2.37. The van der Waals surface area contributed by atoms with Crippen LogP contribution in [0.15, 0.2) is 64.5 Å². The smallest absolute Gasteiger partial charge is 0.433 e. The van der Waals surface area contributed by atoms with E-state index in [-0.39, 0.29) is 10.8 Å². The quantitative estimate of drug-likeness (QED) is 0.337. The number of aromatic nitrogens is 3. The van der Waals surface area contributed by atoms with Gasteiger partial charge in [0, 0.05) is 21.0 Å². The van der Waals surface area contributed by atoms with Crippen LogP contribution in [0.25, 0.3) is 27.6 Å². The van der Waals surface area contributed by atoms with Gasteiger partial charge in [0.05, 0.1) is 18.5 Å². The highest BCUT2D eigenvalue weighted by atomic mass is 79.9. The van der Waals surface area contributed by atoms with E-state index < -0.39 is 11.9 Å². The zero-order chi connectivity index (χ0) is 20.6. The number of thiazole rings is 1. The maximum absolute atomic E-state index is 13.6. The minimum atomic E-state index is -4.57. The van der Waals surface area contributed by atoms with E-state index in [1.165, 1.54) is 7.11 Å². The molecule has 148 valence electrons. The Hall–Kier alpha value is -2.65. The molecule has 0 aliphatic carbocycles. The fourth-order valence-corrected chi connectivity index (χ4v) is 3.81. The van der Waals surface area contributed by atoms with Crippen LogP contribution in [0, 0.1) is 0 Å². The lowest BCUT2D eigenvalue weighted by molar-refractivity contribution is -0.142. The molecule has 0 unspecified atom stereocenters. The summed E-state index contributed by atoms with van der Waals surface area (Å²) in [6, 6.07) is 15.1. The van der Waals surface area contributed by atoms with Gasteiger partial charge in [0.25, 0.3) is 0 Å². The van der Waals surface area contributed by atoms with Crippen molar-refractivity contribution in [3.63, 3.8) is 0 Å². The first-order valence-electron chi connectivity index (χ1n) is 8.38. The van der Waals surface area contributed by atoms with Crippen molar-refractivity contribution in [2.75, 3.05) is 7.11 Å². The number of hydrogen-bond donors (Lipinski definition) is 0. The van der Waals surface area contributed by atoms with Gasteiger partial charge >= 0.3 is 6.18 Å². The number of rotatable bonds is 4. The summed E-state index contributed by atoms with van der Waals surface area (Å²) in [6.07, 6.45) is -4.57. The molecular formula is C20H13BrF3N3OS. The second-order valence-electron chi connectivity index (χ2n) is 6.08. The lowest BCUT2D eigenvalue weighted by Gasteiger charge is -2.07. The summed E-state index contributed by atoms with van der Waals surface area (Å²) in [5, 5.41) is 6.05. The van der Waals surface area contributed by atoms with Crippen molar-refractivity contribution >= 4 is 27.3 Å². The Morgan fingerprint density at radius 1 is 0.966 bits per heavy atom. The number of benzene rings is 2. The van der Waals surface area contributed by atoms with Gasteiger partial charge < -0.3 is 4.74 Å². The molecule has 29 heavy (non-hydrogen) atoms. The van der Waals surface area contributed by atoms with Crippen LogP contribution < -0.4 is 4.74 Å². The molecule has 2 aromatic heterocycles. The number of methoxy groups -OCH3 is 1. The van der Waals surface area contributed by atoms with Crippen LogP contribution >= 0.6 is 27.3 Å². The van der Waals surface area contributed by atoms with Crippen molar-refractivity contribution in [3.05, 3.63) is 70.1 Å². The van der Waals surface area contributed by atoms with Gasteiger partial charge in [0.1, 0.15) is 5.75 Å². The fraction of sp³-hybridized carbons (Fsp3) is 0.100. The molecule has 4 aromatic rings. The minimum Gasteiger partial charge on any atom is -0.497 e. The van der Waals surface area contributed by atoms with Crippen LogP contribution in [0.3, 0.4) is 0 Å². The van der Waals surface area contributed by atoms with E-state index in [4.69, 9.17) is 4.74 Å². The van der Waals surface area contributed by atoms with E-state index in [2.05, 4.69) is 26.0 Å². The van der Waals surface area contributed by atoms with Crippen LogP contribution in [-0.4, -0.2) is 21.9 Å². The Morgan fingerprint density at radius 2 is 1.59 bits per heavy atom. The van der Waals surface area contributed by atoms with Crippen molar-refractivity contribution in [3.8, 4) is 33.4 Å². The molecule has 0 aliphatic rings. The molecule has 0 fully saturated rings. The molecule has 0 amide bonds. The van der Waals surface area contributed by atoms with Crippen molar-refractivity contribution in [1.29, 1.82) is 0 Å². The molecule has 4 rings (SSSR count). The number of ether oxygens (including phenoxy) is 1. The lowest BCUT2D eigenvalue weighted by Crippen LogP contribution is -2.13. The standard InChI is InChI=1S/C20H13BrF3N3OS/c1-28-15-8-4-12(5-9-15)16-10-18(20(22,23)24)27(26-16)19-25-17(11-29-19)13-2-6-14(21)7-3-13/h2-11H,1H3. The molecule has 0 bridgehead atoms. The van der Waals surface area contributed by atoms with Crippen molar-refractivity contribution in [1.82, 2.24) is 14.8 Å². The number of hydrogen-bond acceptors (Lipinski definition) is 4. The summed E-state index contributed by atoms with van der Waals surface area (Å²) >= 11 is 4.46. The molecule has 2 heterocycles. The maximum Gasteiger partial charge on any atom is 0.433 e. The molecule has 0 radical (unpaired) electrons. The molecule has 0 atom stereocenters. The monoisotopic (exact) mass is 479 g/mol. The molecule has 0 saturated heterocycles. The van der Waals surface area contributed by atoms with E-state index >= 15 is 0 Å². The van der Waals surface area contributed by atoms with Gasteiger partial charge in [-0.05, 0) is 42.5 Å². The number of halogens is 4. The Kier molecular flexibility index (Phi) is 5.18.